The summed E-state index contributed by atoms with van der Waals surface area (Å²) in [5, 5.41) is 0.560. The molecule has 1 aliphatic heterocycles. The highest BCUT2D eigenvalue weighted by atomic mass is 16.6. The molecule has 4 rings (SSSR count). The number of hydrogen-bond donors (Lipinski definition) is 0. The molecule has 0 bridgehead atoms. The van der Waals surface area contributed by atoms with Crippen LogP contribution < -0.4 is 5.56 Å². The Bertz CT molecular complexity index is 873. The molecule has 132 valence electrons. The predicted molar refractivity (Wildman–Crippen MR) is 92.1 cm³/mol. The fourth-order valence-electron chi connectivity index (χ4n) is 4.19. The number of para-hydroxylation sites is 1. The number of aryl methyl sites for hydroxylation is 1. The Morgan fingerprint density at radius 2 is 2.20 bits per heavy atom. The van der Waals surface area contributed by atoms with Crippen molar-refractivity contribution in [3.05, 3.63) is 40.9 Å². The van der Waals surface area contributed by atoms with Crippen LogP contribution in [0.5, 0.6) is 0 Å². The van der Waals surface area contributed by atoms with Gasteiger partial charge < -0.3 is 9.47 Å². The number of aromatic nitrogens is 2. The van der Waals surface area contributed by atoms with Gasteiger partial charge in [0.25, 0.3) is 5.56 Å². The lowest BCUT2D eigenvalue weighted by Crippen LogP contribution is -2.61. The Balaban J connectivity index is 1.41. The third-order valence-corrected chi connectivity index (χ3v) is 5.54. The van der Waals surface area contributed by atoms with Crippen LogP contribution >= 0.6 is 0 Å². The SMILES string of the molecule is CC1(C)C2OCCC2C1OC(=O)CCn1cnc2ccccc2c1=O. The van der Waals surface area contributed by atoms with Gasteiger partial charge in [-0.1, -0.05) is 26.0 Å². The minimum absolute atomic E-state index is 0.0982. The van der Waals surface area contributed by atoms with Gasteiger partial charge in [-0.15, -0.1) is 0 Å². The van der Waals surface area contributed by atoms with Crippen LogP contribution in [0.2, 0.25) is 0 Å². The van der Waals surface area contributed by atoms with Gasteiger partial charge in [0.15, 0.2) is 0 Å². The van der Waals surface area contributed by atoms with E-state index in [1.807, 2.05) is 12.1 Å². The monoisotopic (exact) mass is 342 g/mol. The van der Waals surface area contributed by atoms with Crippen molar-refractivity contribution in [2.75, 3.05) is 6.61 Å². The van der Waals surface area contributed by atoms with Gasteiger partial charge in [0.05, 0.1) is 29.8 Å². The highest BCUT2D eigenvalue weighted by Gasteiger charge is 2.61. The third kappa shape index (κ3) is 2.65. The number of nitrogens with zero attached hydrogens (tertiary/aromatic N) is 2. The molecule has 0 radical (unpaired) electrons. The summed E-state index contributed by atoms with van der Waals surface area (Å²) >= 11 is 0. The van der Waals surface area contributed by atoms with E-state index in [0.717, 1.165) is 13.0 Å². The molecule has 1 saturated carbocycles. The Hall–Kier alpha value is -2.21. The summed E-state index contributed by atoms with van der Waals surface area (Å²) in [4.78, 5) is 29.0. The highest BCUT2D eigenvalue weighted by molar-refractivity contribution is 5.77. The largest absolute Gasteiger partial charge is 0.461 e. The van der Waals surface area contributed by atoms with Gasteiger partial charge in [-0.05, 0) is 18.6 Å². The summed E-state index contributed by atoms with van der Waals surface area (Å²) in [6.45, 7) is 5.17. The lowest BCUT2D eigenvalue weighted by Gasteiger charge is -2.53. The third-order valence-electron chi connectivity index (χ3n) is 5.54. The predicted octanol–water partition coefficient (Wildman–Crippen LogP) is 2.14. The van der Waals surface area contributed by atoms with E-state index in [0.29, 0.717) is 16.8 Å². The summed E-state index contributed by atoms with van der Waals surface area (Å²) in [7, 11) is 0. The Morgan fingerprint density at radius 1 is 1.40 bits per heavy atom. The first kappa shape index (κ1) is 16.3. The first-order valence-corrected chi connectivity index (χ1v) is 8.74. The minimum atomic E-state index is -0.275. The number of hydrogen-bond acceptors (Lipinski definition) is 5. The summed E-state index contributed by atoms with van der Waals surface area (Å²) in [5.41, 5.74) is 0.388. The van der Waals surface area contributed by atoms with Crippen LogP contribution in [0.1, 0.15) is 26.7 Å². The van der Waals surface area contributed by atoms with Gasteiger partial charge in [-0.25, -0.2) is 4.98 Å². The molecule has 6 heteroatoms. The van der Waals surface area contributed by atoms with Crippen molar-refractivity contribution in [3.63, 3.8) is 0 Å². The van der Waals surface area contributed by atoms with Crippen molar-refractivity contribution >= 4 is 16.9 Å². The second-order valence-electron chi connectivity index (χ2n) is 7.49. The fourth-order valence-corrected chi connectivity index (χ4v) is 4.19. The summed E-state index contributed by atoms with van der Waals surface area (Å²) in [5.74, 6) is 0.0347. The van der Waals surface area contributed by atoms with Crippen LogP contribution in [0.4, 0.5) is 0 Å². The van der Waals surface area contributed by atoms with Gasteiger partial charge in [-0.2, -0.15) is 0 Å². The first-order chi connectivity index (χ1) is 12.0. The molecule has 1 saturated heterocycles. The number of benzene rings is 1. The maximum absolute atomic E-state index is 12.4. The van der Waals surface area contributed by atoms with Crippen molar-refractivity contribution in [2.24, 2.45) is 11.3 Å². The zero-order valence-electron chi connectivity index (χ0n) is 14.5. The van der Waals surface area contributed by atoms with Gasteiger partial charge in [-0.3, -0.25) is 14.2 Å². The maximum atomic E-state index is 12.4. The molecule has 2 fully saturated rings. The lowest BCUT2D eigenvalue weighted by molar-refractivity contribution is -0.210. The average Bonchev–Trinajstić information content (AvgIpc) is 3.06. The topological polar surface area (TPSA) is 70.4 Å². The van der Waals surface area contributed by atoms with Crippen molar-refractivity contribution < 1.29 is 14.3 Å². The number of rotatable bonds is 4. The molecule has 1 aliphatic carbocycles. The standard InChI is InChI=1S/C19H22N2O4/c1-19(2)16-13(8-10-24-16)17(19)25-15(22)7-9-21-11-20-14-6-4-3-5-12(14)18(21)23/h3-6,11,13,16-17H,7-10H2,1-2H3. The fraction of sp³-hybridized carbons (Fsp3) is 0.526. The van der Waals surface area contributed by atoms with E-state index in [4.69, 9.17) is 9.47 Å². The van der Waals surface area contributed by atoms with Gasteiger partial charge in [0.1, 0.15) is 6.10 Å². The smallest absolute Gasteiger partial charge is 0.307 e. The van der Waals surface area contributed by atoms with Crippen LogP contribution in [-0.2, 0) is 20.8 Å². The van der Waals surface area contributed by atoms with Gasteiger partial charge in [0.2, 0.25) is 0 Å². The summed E-state index contributed by atoms with van der Waals surface area (Å²) in [6.07, 6.45) is 2.69. The molecule has 3 atom stereocenters. The van der Waals surface area contributed by atoms with E-state index >= 15 is 0 Å². The molecule has 3 unspecified atom stereocenters. The molecule has 1 aromatic carbocycles. The van der Waals surface area contributed by atoms with Crippen LogP contribution in [0.25, 0.3) is 10.9 Å². The maximum Gasteiger partial charge on any atom is 0.307 e. The molecule has 2 aromatic rings. The quantitative estimate of drug-likeness (QED) is 0.796. The molecule has 6 nitrogen and oxygen atoms in total. The van der Waals surface area contributed by atoms with Crippen molar-refractivity contribution in [1.29, 1.82) is 0 Å². The Morgan fingerprint density at radius 3 is 3.04 bits per heavy atom. The molecule has 0 amide bonds. The molecule has 25 heavy (non-hydrogen) atoms. The van der Waals surface area contributed by atoms with E-state index in [1.54, 1.807) is 12.1 Å². The van der Waals surface area contributed by atoms with Crippen molar-refractivity contribution in [2.45, 2.75) is 45.4 Å². The summed E-state index contributed by atoms with van der Waals surface area (Å²) in [6, 6.07) is 7.20. The zero-order valence-corrected chi connectivity index (χ0v) is 14.5. The van der Waals surface area contributed by atoms with E-state index in [-0.39, 0.29) is 42.1 Å². The van der Waals surface area contributed by atoms with E-state index in [2.05, 4.69) is 18.8 Å². The van der Waals surface area contributed by atoms with E-state index in [9.17, 15) is 9.59 Å². The normalized spacial score (nSPS) is 26.9. The number of esters is 1. The molecular formula is C19H22N2O4. The number of ether oxygens (including phenoxy) is 2. The zero-order chi connectivity index (χ0) is 17.6. The average molecular weight is 342 g/mol. The van der Waals surface area contributed by atoms with Gasteiger partial charge >= 0.3 is 5.97 Å². The second kappa shape index (κ2) is 5.95. The molecule has 0 N–H and O–H groups in total. The molecule has 2 heterocycles. The van der Waals surface area contributed by atoms with E-state index < -0.39 is 0 Å². The number of fused-ring (bicyclic) bond motifs is 2. The second-order valence-corrected chi connectivity index (χ2v) is 7.49. The van der Waals surface area contributed by atoms with E-state index in [1.165, 1.54) is 10.9 Å². The minimum Gasteiger partial charge on any atom is -0.461 e. The molecule has 0 spiro atoms. The number of carbonyl (C=O) groups excluding carboxylic acids is 1. The van der Waals surface area contributed by atoms with Crippen molar-refractivity contribution in [3.8, 4) is 0 Å². The highest BCUT2D eigenvalue weighted by Crippen LogP contribution is 2.53. The summed E-state index contributed by atoms with van der Waals surface area (Å²) < 4.78 is 12.9. The Kier molecular flexibility index (Phi) is 3.87. The van der Waals surface area contributed by atoms with Crippen molar-refractivity contribution in [1.82, 2.24) is 9.55 Å². The number of carbonyl (C=O) groups is 1. The molecule has 2 aliphatic rings. The first-order valence-electron chi connectivity index (χ1n) is 8.74. The molecule has 1 aromatic heterocycles. The van der Waals surface area contributed by atoms with Crippen LogP contribution in [0.3, 0.4) is 0 Å². The Labute approximate surface area is 145 Å². The van der Waals surface area contributed by atoms with Crippen LogP contribution in [0.15, 0.2) is 35.4 Å². The van der Waals surface area contributed by atoms with Gasteiger partial charge in [0, 0.05) is 24.5 Å². The van der Waals surface area contributed by atoms with Crippen LogP contribution in [-0.4, -0.2) is 34.3 Å². The van der Waals surface area contributed by atoms with Crippen LogP contribution in [0, 0.1) is 11.3 Å². The lowest BCUT2D eigenvalue weighted by atomic mass is 9.59. The molecular weight excluding hydrogens is 320 g/mol.